The van der Waals surface area contributed by atoms with Gasteiger partial charge in [-0.2, -0.15) is 0 Å². The van der Waals surface area contributed by atoms with Crippen molar-refractivity contribution >= 4 is 32.6 Å². The van der Waals surface area contributed by atoms with Gasteiger partial charge in [0.15, 0.2) is 5.13 Å². The Balaban J connectivity index is 1.69. The van der Waals surface area contributed by atoms with Gasteiger partial charge in [0.2, 0.25) is 5.91 Å². The molecule has 1 heterocycles. The minimum absolute atomic E-state index is 0.0135. The number of para-hydroxylation sites is 1. The maximum Gasteiger partial charge on any atom is 0.242 e. The van der Waals surface area contributed by atoms with Crippen molar-refractivity contribution in [2.45, 2.75) is 13.5 Å². The molecule has 4 nitrogen and oxygen atoms in total. The van der Waals surface area contributed by atoms with E-state index in [0.717, 1.165) is 15.8 Å². The van der Waals surface area contributed by atoms with E-state index in [9.17, 15) is 9.18 Å². The van der Waals surface area contributed by atoms with E-state index in [4.69, 9.17) is 0 Å². The number of aromatic nitrogens is 1. The molecule has 3 aromatic rings. The van der Waals surface area contributed by atoms with E-state index in [1.54, 1.807) is 11.0 Å². The summed E-state index contributed by atoms with van der Waals surface area (Å²) in [5.41, 5.74) is 1.75. The molecule has 0 fully saturated rings. The number of rotatable bonds is 6. The number of halogens is 1. The summed E-state index contributed by atoms with van der Waals surface area (Å²) in [6.07, 6.45) is 0. The molecule has 0 aliphatic carbocycles. The van der Waals surface area contributed by atoms with Gasteiger partial charge >= 0.3 is 0 Å². The van der Waals surface area contributed by atoms with Crippen molar-refractivity contribution in [3.63, 3.8) is 0 Å². The van der Waals surface area contributed by atoms with Crippen LogP contribution in [0.2, 0.25) is 0 Å². The molecule has 0 radical (unpaired) electrons. The summed E-state index contributed by atoms with van der Waals surface area (Å²) >= 11 is 1.52. The highest BCUT2D eigenvalue weighted by molar-refractivity contribution is 7.22. The summed E-state index contributed by atoms with van der Waals surface area (Å²) in [5, 5.41) is 0.716. The zero-order valence-electron chi connectivity index (χ0n) is 14.3. The van der Waals surface area contributed by atoms with E-state index in [-0.39, 0.29) is 18.3 Å². The number of amides is 1. The molecule has 25 heavy (non-hydrogen) atoms. The lowest BCUT2D eigenvalue weighted by atomic mass is 10.2. The van der Waals surface area contributed by atoms with Gasteiger partial charge in [0.1, 0.15) is 5.82 Å². The van der Waals surface area contributed by atoms with Crippen LogP contribution in [0.15, 0.2) is 48.5 Å². The number of likely N-dealkylation sites (N-methyl/N-ethyl adjacent to an activating group) is 2. The van der Waals surface area contributed by atoms with Crippen LogP contribution in [0.1, 0.15) is 12.5 Å². The van der Waals surface area contributed by atoms with E-state index < -0.39 is 0 Å². The standard InChI is InChI=1S/C19H20FN3OS/c1-3-23(19-21-16-9-4-5-10-17(16)25-19)18(24)13-22(2)12-14-7-6-8-15(20)11-14/h4-11H,3,12-13H2,1-2H3. The van der Waals surface area contributed by atoms with Gasteiger partial charge in [-0.25, -0.2) is 9.37 Å². The van der Waals surface area contributed by atoms with Crippen LogP contribution in [-0.2, 0) is 11.3 Å². The predicted octanol–water partition coefficient (Wildman–Crippen LogP) is 3.92. The molecule has 0 N–H and O–H groups in total. The summed E-state index contributed by atoms with van der Waals surface area (Å²) < 4.78 is 14.4. The molecule has 0 bridgehead atoms. The van der Waals surface area contributed by atoms with Crippen molar-refractivity contribution in [1.29, 1.82) is 0 Å². The summed E-state index contributed by atoms with van der Waals surface area (Å²) in [4.78, 5) is 20.8. The first-order valence-corrected chi connectivity index (χ1v) is 8.97. The number of benzene rings is 2. The van der Waals surface area contributed by atoms with Crippen molar-refractivity contribution in [2.24, 2.45) is 0 Å². The fourth-order valence-electron chi connectivity index (χ4n) is 2.71. The molecule has 0 spiro atoms. The van der Waals surface area contributed by atoms with E-state index in [1.165, 1.54) is 23.5 Å². The van der Waals surface area contributed by atoms with Crippen molar-refractivity contribution in [3.8, 4) is 0 Å². The highest BCUT2D eigenvalue weighted by Crippen LogP contribution is 2.28. The van der Waals surface area contributed by atoms with Crippen molar-refractivity contribution in [1.82, 2.24) is 9.88 Å². The minimum atomic E-state index is -0.262. The SMILES string of the molecule is CCN(C(=O)CN(C)Cc1cccc(F)c1)c1nc2ccccc2s1. The second kappa shape index (κ2) is 7.72. The summed E-state index contributed by atoms with van der Waals surface area (Å²) in [7, 11) is 1.86. The summed E-state index contributed by atoms with van der Waals surface area (Å²) in [6, 6.07) is 14.3. The molecule has 1 aromatic heterocycles. The van der Waals surface area contributed by atoms with Crippen LogP contribution in [0.5, 0.6) is 0 Å². The summed E-state index contributed by atoms with van der Waals surface area (Å²) in [6.45, 7) is 3.27. The molecule has 6 heteroatoms. The van der Waals surface area contributed by atoms with Crippen molar-refractivity contribution < 1.29 is 9.18 Å². The largest absolute Gasteiger partial charge is 0.293 e. The van der Waals surface area contributed by atoms with E-state index in [1.807, 2.05) is 49.2 Å². The monoisotopic (exact) mass is 357 g/mol. The van der Waals surface area contributed by atoms with E-state index in [2.05, 4.69) is 4.98 Å². The van der Waals surface area contributed by atoms with Crippen LogP contribution in [0.25, 0.3) is 10.2 Å². The number of thiazole rings is 1. The maximum atomic E-state index is 13.3. The highest BCUT2D eigenvalue weighted by Gasteiger charge is 2.19. The molecule has 0 unspecified atom stereocenters. The molecular weight excluding hydrogens is 337 g/mol. The van der Waals surface area contributed by atoms with Crippen LogP contribution in [0, 0.1) is 5.82 Å². The Morgan fingerprint density at radius 3 is 2.72 bits per heavy atom. The average Bonchev–Trinajstić information content (AvgIpc) is 2.98. The maximum absolute atomic E-state index is 13.3. The zero-order valence-corrected chi connectivity index (χ0v) is 15.1. The Kier molecular flexibility index (Phi) is 5.40. The van der Waals surface area contributed by atoms with Gasteiger partial charge < -0.3 is 0 Å². The topological polar surface area (TPSA) is 36.4 Å². The predicted molar refractivity (Wildman–Crippen MR) is 100 cm³/mol. The molecule has 0 saturated heterocycles. The quantitative estimate of drug-likeness (QED) is 0.671. The number of carbonyl (C=O) groups is 1. The number of hydrogen-bond donors (Lipinski definition) is 0. The molecule has 2 aromatic carbocycles. The van der Waals surface area contributed by atoms with Gasteiger partial charge in [0.05, 0.1) is 16.8 Å². The van der Waals surface area contributed by atoms with E-state index >= 15 is 0 Å². The van der Waals surface area contributed by atoms with Crippen LogP contribution in [0.3, 0.4) is 0 Å². The zero-order chi connectivity index (χ0) is 17.8. The molecule has 1 amide bonds. The fraction of sp³-hybridized carbons (Fsp3) is 0.263. The second-order valence-electron chi connectivity index (χ2n) is 5.90. The lowest BCUT2D eigenvalue weighted by Crippen LogP contribution is -2.38. The van der Waals surface area contributed by atoms with Gasteiger partial charge in [-0.3, -0.25) is 14.6 Å². The third kappa shape index (κ3) is 4.21. The lowest BCUT2D eigenvalue weighted by Gasteiger charge is -2.22. The number of carbonyl (C=O) groups excluding carboxylic acids is 1. The number of fused-ring (bicyclic) bond motifs is 1. The Bertz CT molecular complexity index is 847. The molecule has 0 aliphatic heterocycles. The average molecular weight is 357 g/mol. The fourth-order valence-corrected chi connectivity index (χ4v) is 3.76. The number of anilines is 1. The third-order valence-electron chi connectivity index (χ3n) is 3.88. The van der Waals surface area contributed by atoms with Crippen LogP contribution in [0.4, 0.5) is 9.52 Å². The Hall–Kier alpha value is -2.31. The normalized spacial score (nSPS) is 11.2. The summed E-state index contributed by atoms with van der Waals surface area (Å²) in [5.74, 6) is -0.276. The smallest absolute Gasteiger partial charge is 0.242 e. The Labute approximate surface area is 150 Å². The third-order valence-corrected chi connectivity index (χ3v) is 4.94. The number of nitrogens with zero attached hydrogens (tertiary/aromatic N) is 3. The first kappa shape index (κ1) is 17.5. The second-order valence-corrected chi connectivity index (χ2v) is 6.91. The van der Waals surface area contributed by atoms with Crippen LogP contribution >= 0.6 is 11.3 Å². The Morgan fingerprint density at radius 1 is 1.20 bits per heavy atom. The molecular formula is C19H20FN3OS. The molecule has 3 rings (SSSR count). The molecule has 0 atom stereocenters. The van der Waals surface area contributed by atoms with Crippen molar-refractivity contribution in [3.05, 3.63) is 59.9 Å². The van der Waals surface area contributed by atoms with Gasteiger partial charge in [0, 0.05) is 13.1 Å². The molecule has 130 valence electrons. The highest BCUT2D eigenvalue weighted by atomic mass is 32.1. The Morgan fingerprint density at radius 2 is 2.00 bits per heavy atom. The minimum Gasteiger partial charge on any atom is -0.293 e. The van der Waals surface area contributed by atoms with Crippen LogP contribution < -0.4 is 4.90 Å². The molecule has 0 aliphatic rings. The van der Waals surface area contributed by atoms with Crippen molar-refractivity contribution in [2.75, 3.05) is 25.0 Å². The first-order valence-electron chi connectivity index (χ1n) is 8.15. The van der Waals surface area contributed by atoms with Crippen LogP contribution in [-0.4, -0.2) is 35.9 Å². The van der Waals surface area contributed by atoms with Gasteiger partial charge in [-0.1, -0.05) is 35.6 Å². The van der Waals surface area contributed by atoms with E-state index in [0.29, 0.717) is 18.2 Å². The number of hydrogen-bond acceptors (Lipinski definition) is 4. The van der Waals surface area contributed by atoms with Gasteiger partial charge in [0.25, 0.3) is 0 Å². The molecule has 0 saturated carbocycles. The van der Waals surface area contributed by atoms with Gasteiger partial charge in [-0.05, 0) is 43.8 Å². The first-order chi connectivity index (χ1) is 12.1. The van der Waals surface area contributed by atoms with Gasteiger partial charge in [-0.15, -0.1) is 0 Å². The lowest BCUT2D eigenvalue weighted by molar-refractivity contribution is -0.119.